The van der Waals surface area contributed by atoms with E-state index in [1.54, 1.807) is 0 Å². The lowest BCUT2D eigenvalue weighted by Gasteiger charge is -2.28. The highest BCUT2D eigenvalue weighted by Crippen LogP contribution is 2.41. The predicted molar refractivity (Wildman–Crippen MR) is 122 cm³/mol. The fraction of sp³-hybridized carbons (Fsp3) is 0.950. The molecule has 0 aliphatic heterocycles. The van der Waals surface area contributed by atoms with E-state index in [0.29, 0.717) is 11.5 Å². The van der Waals surface area contributed by atoms with Crippen LogP contribution in [0, 0.1) is 5.41 Å². The van der Waals surface area contributed by atoms with Gasteiger partial charge in [0.05, 0.1) is 0 Å². The summed E-state index contributed by atoms with van der Waals surface area (Å²) < 4.78 is 5.62. The summed E-state index contributed by atoms with van der Waals surface area (Å²) >= 11 is 0. The zero-order valence-corrected chi connectivity index (χ0v) is 19.7. The van der Waals surface area contributed by atoms with Crippen molar-refractivity contribution in [3.63, 3.8) is 0 Å². The zero-order chi connectivity index (χ0) is 18.1. The molecular formula is C20H41IN4O. The van der Waals surface area contributed by atoms with Crippen LogP contribution in [0.5, 0.6) is 0 Å². The molecule has 0 bridgehead atoms. The number of rotatable bonds is 11. The molecule has 0 aromatic rings. The van der Waals surface area contributed by atoms with Crippen LogP contribution in [-0.4, -0.2) is 62.8 Å². The third kappa shape index (κ3) is 7.89. The molecule has 6 heteroatoms. The SMILES string of the molecule is CCNC(=NCC1(CCOCC)CCCC1)NCC(C)N(C)C1CC1.I. The third-order valence-corrected chi connectivity index (χ3v) is 5.94. The highest BCUT2D eigenvalue weighted by molar-refractivity contribution is 14.0. The highest BCUT2D eigenvalue weighted by Gasteiger charge is 2.33. The Morgan fingerprint density at radius 1 is 1.23 bits per heavy atom. The molecule has 2 N–H and O–H groups in total. The molecule has 0 spiro atoms. The first kappa shape index (κ1) is 24.0. The Bertz CT molecular complexity index is 409. The van der Waals surface area contributed by atoms with Crippen molar-refractivity contribution in [2.75, 3.05) is 39.9 Å². The molecule has 0 heterocycles. The minimum atomic E-state index is 0. The molecule has 5 nitrogen and oxygen atoms in total. The number of likely N-dealkylation sites (N-methyl/N-ethyl adjacent to an activating group) is 1. The maximum Gasteiger partial charge on any atom is 0.191 e. The summed E-state index contributed by atoms with van der Waals surface area (Å²) in [7, 11) is 2.25. The van der Waals surface area contributed by atoms with Crippen LogP contribution in [0.15, 0.2) is 4.99 Å². The van der Waals surface area contributed by atoms with Crippen molar-refractivity contribution in [2.24, 2.45) is 10.4 Å². The average Bonchev–Trinajstić information content (AvgIpc) is 3.36. The number of aliphatic imine (C=N–C) groups is 1. The van der Waals surface area contributed by atoms with Crippen molar-refractivity contribution in [2.45, 2.75) is 77.8 Å². The number of nitrogens with one attached hydrogen (secondary N) is 2. The molecule has 1 unspecified atom stereocenters. The van der Waals surface area contributed by atoms with Gasteiger partial charge < -0.3 is 15.4 Å². The average molecular weight is 480 g/mol. The Labute approximate surface area is 178 Å². The summed E-state index contributed by atoms with van der Waals surface area (Å²) in [5, 5.41) is 6.98. The molecule has 2 aliphatic carbocycles. The topological polar surface area (TPSA) is 48.9 Å². The normalized spacial score (nSPS) is 20.7. The lowest BCUT2D eigenvalue weighted by atomic mass is 9.83. The number of guanidine groups is 1. The van der Waals surface area contributed by atoms with Gasteiger partial charge in [0.15, 0.2) is 5.96 Å². The molecule has 2 fully saturated rings. The van der Waals surface area contributed by atoms with Crippen molar-refractivity contribution in [3.8, 4) is 0 Å². The molecule has 0 aromatic carbocycles. The molecule has 0 aromatic heterocycles. The Balaban J connectivity index is 0.00000338. The summed E-state index contributed by atoms with van der Waals surface area (Å²) in [6.45, 7) is 11.0. The van der Waals surface area contributed by atoms with E-state index in [-0.39, 0.29) is 24.0 Å². The second kappa shape index (κ2) is 12.4. The maximum absolute atomic E-state index is 5.62. The van der Waals surface area contributed by atoms with Gasteiger partial charge in [0.1, 0.15) is 0 Å². The number of ether oxygens (including phenoxy) is 1. The number of hydrogen-bond acceptors (Lipinski definition) is 3. The van der Waals surface area contributed by atoms with Gasteiger partial charge in [-0.15, -0.1) is 24.0 Å². The Morgan fingerprint density at radius 3 is 2.50 bits per heavy atom. The maximum atomic E-state index is 5.62. The van der Waals surface area contributed by atoms with Crippen molar-refractivity contribution < 1.29 is 4.74 Å². The van der Waals surface area contributed by atoms with Crippen LogP contribution in [0.1, 0.15) is 65.7 Å². The molecular weight excluding hydrogens is 439 g/mol. The van der Waals surface area contributed by atoms with Gasteiger partial charge in [-0.05, 0) is 65.3 Å². The van der Waals surface area contributed by atoms with Crippen LogP contribution < -0.4 is 10.6 Å². The van der Waals surface area contributed by atoms with Crippen molar-refractivity contribution >= 4 is 29.9 Å². The van der Waals surface area contributed by atoms with E-state index in [1.165, 1.54) is 38.5 Å². The van der Waals surface area contributed by atoms with Gasteiger partial charge in [-0.1, -0.05) is 12.8 Å². The second-order valence-corrected chi connectivity index (χ2v) is 7.98. The van der Waals surface area contributed by atoms with Crippen LogP contribution >= 0.6 is 24.0 Å². The summed E-state index contributed by atoms with van der Waals surface area (Å²) in [6.07, 6.45) is 9.14. The smallest absolute Gasteiger partial charge is 0.191 e. The fourth-order valence-corrected chi connectivity index (χ4v) is 3.86. The third-order valence-electron chi connectivity index (χ3n) is 5.94. The van der Waals surface area contributed by atoms with Gasteiger partial charge in [0.2, 0.25) is 0 Å². The standard InChI is InChI=1S/C20H40N4O.HI/c1-5-21-19(22-15-17(3)24(4)18-9-10-18)23-16-20(11-7-8-12-20)13-14-25-6-2;/h17-18H,5-16H2,1-4H3,(H2,21,22,23);1H. The minimum Gasteiger partial charge on any atom is -0.382 e. The first-order chi connectivity index (χ1) is 12.1. The number of halogens is 1. The Kier molecular flexibility index (Phi) is 11.4. The lowest BCUT2D eigenvalue weighted by Crippen LogP contribution is -2.45. The van der Waals surface area contributed by atoms with E-state index in [9.17, 15) is 0 Å². The fourth-order valence-electron chi connectivity index (χ4n) is 3.86. The van der Waals surface area contributed by atoms with E-state index in [2.05, 4.69) is 43.4 Å². The van der Waals surface area contributed by atoms with E-state index in [4.69, 9.17) is 9.73 Å². The Hall–Kier alpha value is -0.0800. The molecule has 2 saturated carbocycles. The van der Waals surface area contributed by atoms with Crippen molar-refractivity contribution in [1.29, 1.82) is 0 Å². The van der Waals surface area contributed by atoms with E-state index in [0.717, 1.165) is 51.3 Å². The predicted octanol–water partition coefficient (Wildman–Crippen LogP) is 3.63. The van der Waals surface area contributed by atoms with Crippen LogP contribution in [0.2, 0.25) is 0 Å². The number of hydrogen-bond donors (Lipinski definition) is 2. The van der Waals surface area contributed by atoms with Gasteiger partial charge in [-0.3, -0.25) is 9.89 Å². The molecule has 26 heavy (non-hydrogen) atoms. The first-order valence-electron chi connectivity index (χ1n) is 10.4. The minimum absolute atomic E-state index is 0. The Morgan fingerprint density at radius 2 is 1.92 bits per heavy atom. The molecule has 0 saturated heterocycles. The van der Waals surface area contributed by atoms with Gasteiger partial charge in [-0.25, -0.2) is 0 Å². The quantitative estimate of drug-likeness (QED) is 0.205. The van der Waals surface area contributed by atoms with Crippen LogP contribution in [0.3, 0.4) is 0 Å². The van der Waals surface area contributed by atoms with E-state index < -0.39 is 0 Å². The van der Waals surface area contributed by atoms with Gasteiger partial charge in [0.25, 0.3) is 0 Å². The second-order valence-electron chi connectivity index (χ2n) is 7.98. The van der Waals surface area contributed by atoms with E-state index >= 15 is 0 Å². The molecule has 2 aliphatic rings. The molecule has 154 valence electrons. The largest absolute Gasteiger partial charge is 0.382 e. The molecule has 0 amide bonds. The van der Waals surface area contributed by atoms with Crippen molar-refractivity contribution in [3.05, 3.63) is 0 Å². The van der Waals surface area contributed by atoms with E-state index in [1.807, 2.05) is 0 Å². The summed E-state index contributed by atoms with van der Waals surface area (Å²) in [5.74, 6) is 0.973. The van der Waals surface area contributed by atoms with Crippen LogP contribution in [0.4, 0.5) is 0 Å². The van der Waals surface area contributed by atoms with Gasteiger partial charge in [0, 0.05) is 44.9 Å². The highest BCUT2D eigenvalue weighted by atomic mass is 127. The zero-order valence-electron chi connectivity index (χ0n) is 17.4. The number of nitrogens with zero attached hydrogens (tertiary/aromatic N) is 2. The molecule has 2 rings (SSSR count). The lowest BCUT2D eigenvalue weighted by molar-refractivity contribution is 0.107. The van der Waals surface area contributed by atoms with Crippen LogP contribution in [0.25, 0.3) is 0 Å². The van der Waals surface area contributed by atoms with Gasteiger partial charge in [-0.2, -0.15) is 0 Å². The van der Waals surface area contributed by atoms with Crippen LogP contribution in [-0.2, 0) is 4.74 Å². The molecule has 1 atom stereocenters. The summed E-state index contributed by atoms with van der Waals surface area (Å²) in [4.78, 5) is 7.46. The van der Waals surface area contributed by atoms with Crippen molar-refractivity contribution in [1.82, 2.24) is 15.5 Å². The first-order valence-corrected chi connectivity index (χ1v) is 10.4. The summed E-state index contributed by atoms with van der Waals surface area (Å²) in [6, 6.07) is 1.34. The molecule has 0 radical (unpaired) electrons. The van der Waals surface area contributed by atoms with Gasteiger partial charge >= 0.3 is 0 Å². The monoisotopic (exact) mass is 480 g/mol. The summed E-state index contributed by atoms with van der Waals surface area (Å²) in [5.41, 5.74) is 0.355.